The number of nitrogens with zero attached hydrogens (tertiary/aromatic N) is 3. The van der Waals surface area contributed by atoms with Gasteiger partial charge in [-0.3, -0.25) is 4.99 Å². The second kappa shape index (κ2) is 12.0. The fourth-order valence-corrected chi connectivity index (χ4v) is 3.89. The number of carbonyl (C=O) groups is 1. The highest BCUT2D eigenvalue weighted by Gasteiger charge is 2.17. The van der Waals surface area contributed by atoms with Crippen LogP contribution in [0.25, 0.3) is 0 Å². The number of benzene rings is 2. The summed E-state index contributed by atoms with van der Waals surface area (Å²) >= 11 is 0. The second-order valence-electron chi connectivity index (χ2n) is 8.10. The van der Waals surface area contributed by atoms with Gasteiger partial charge in [-0.25, -0.2) is 4.79 Å². The number of amides is 2. The van der Waals surface area contributed by atoms with Crippen molar-refractivity contribution in [2.45, 2.75) is 33.2 Å². The Balaban J connectivity index is 1.46. The topological polar surface area (TPSA) is 72.0 Å². The summed E-state index contributed by atoms with van der Waals surface area (Å²) in [4.78, 5) is 20.9. The lowest BCUT2D eigenvalue weighted by Crippen LogP contribution is -2.41. The Labute approximate surface area is 191 Å². The van der Waals surface area contributed by atoms with E-state index in [4.69, 9.17) is 0 Å². The number of aliphatic imine (C=N–C) groups is 1. The molecular formula is C25H36N6O. The molecule has 0 aromatic heterocycles. The highest BCUT2D eigenvalue weighted by Crippen LogP contribution is 2.15. The van der Waals surface area contributed by atoms with Crippen LogP contribution in [0.4, 0.5) is 16.2 Å². The standard InChI is InChI=1S/C25H36N6O/c1-4-30(23-12-7-9-20(2)17-23)16-13-27-24(26-3)28-19-21-10-8-11-22(18-21)29-25(32)31-14-5-6-15-31/h7-12,17-18H,4-6,13-16,19H2,1-3H3,(H,29,32)(H2,26,27,28). The Kier molecular flexibility index (Phi) is 8.78. The lowest BCUT2D eigenvalue weighted by atomic mass is 10.2. The van der Waals surface area contributed by atoms with Crippen LogP contribution in [0.1, 0.15) is 30.9 Å². The maximum absolute atomic E-state index is 12.3. The normalized spacial score (nSPS) is 13.7. The smallest absolute Gasteiger partial charge is 0.321 e. The van der Waals surface area contributed by atoms with E-state index in [0.717, 1.165) is 62.8 Å². The molecule has 1 fully saturated rings. The zero-order chi connectivity index (χ0) is 22.8. The molecule has 0 aliphatic carbocycles. The van der Waals surface area contributed by atoms with Gasteiger partial charge >= 0.3 is 6.03 Å². The van der Waals surface area contributed by atoms with Crippen molar-refractivity contribution in [3.8, 4) is 0 Å². The Bertz CT molecular complexity index is 907. The van der Waals surface area contributed by atoms with Crippen molar-refractivity contribution in [3.05, 3.63) is 59.7 Å². The average Bonchev–Trinajstić information content (AvgIpc) is 3.34. The summed E-state index contributed by atoms with van der Waals surface area (Å²) in [5, 5.41) is 9.76. The second-order valence-corrected chi connectivity index (χ2v) is 8.10. The number of carbonyl (C=O) groups excluding carboxylic acids is 1. The van der Waals surface area contributed by atoms with Gasteiger partial charge in [-0.1, -0.05) is 24.3 Å². The van der Waals surface area contributed by atoms with E-state index < -0.39 is 0 Å². The Morgan fingerprint density at radius 2 is 1.88 bits per heavy atom. The van der Waals surface area contributed by atoms with Gasteiger partial charge in [0.25, 0.3) is 0 Å². The van der Waals surface area contributed by atoms with E-state index in [1.807, 2.05) is 29.2 Å². The summed E-state index contributed by atoms with van der Waals surface area (Å²) in [6.45, 7) is 9.23. The van der Waals surface area contributed by atoms with Crippen LogP contribution in [0.2, 0.25) is 0 Å². The minimum absolute atomic E-state index is 0.0147. The summed E-state index contributed by atoms with van der Waals surface area (Å²) in [5.74, 6) is 0.761. The van der Waals surface area contributed by atoms with E-state index in [9.17, 15) is 4.79 Å². The first-order valence-electron chi connectivity index (χ1n) is 11.5. The number of guanidine groups is 1. The average molecular weight is 437 g/mol. The molecule has 1 heterocycles. The number of likely N-dealkylation sites (N-methyl/N-ethyl adjacent to an activating group) is 1. The van der Waals surface area contributed by atoms with Crippen LogP contribution in [-0.4, -0.2) is 56.7 Å². The number of rotatable bonds is 8. The summed E-state index contributed by atoms with van der Waals surface area (Å²) < 4.78 is 0. The van der Waals surface area contributed by atoms with Crippen molar-refractivity contribution in [1.29, 1.82) is 0 Å². The Morgan fingerprint density at radius 3 is 2.59 bits per heavy atom. The van der Waals surface area contributed by atoms with Gasteiger partial charge in [-0.15, -0.1) is 0 Å². The van der Waals surface area contributed by atoms with Gasteiger partial charge in [0.1, 0.15) is 0 Å². The lowest BCUT2D eigenvalue weighted by molar-refractivity contribution is 0.222. The zero-order valence-electron chi connectivity index (χ0n) is 19.5. The van der Waals surface area contributed by atoms with E-state index in [1.165, 1.54) is 11.3 Å². The molecule has 7 nitrogen and oxygen atoms in total. The third kappa shape index (κ3) is 6.90. The number of hydrogen-bond acceptors (Lipinski definition) is 3. The molecule has 2 amide bonds. The number of nitrogens with one attached hydrogen (secondary N) is 3. The quantitative estimate of drug-likeness (QED) is 0.435. The molecule has 0 unspecified atom stereocenters. The molecule has 2 aromatic rings. The Hall–Kier alpha value is -3.22. The molecule has 3 rings (SSSR count). The lowest BCUT2D eigenvalue weighted by Gasteiger charge is -2.24. The van der Waals surface area contributed by atoms with Gasteiger partial charge in [-0.05, 0) is 62.1 Å². The minimum atomic E-state index is -0.0147. The van der Waals surface area contributed by atoms with Crippen LogP contribution in [0.5, 0.6) is 0 Å². The van der Waals surface area contributed by atoms with E-state index in [2.05, 4.69) is 64.0 Å². The Morgan fingerprint density at radius 1 is 1.09 bits per heavy atom. The van der Waals surface area contributed by atoms with E-state index in [0.29, 0.717) is 6.54 Å². The summed E-state index contributed by atoms with van der Waals surface area (Å²) in [6.07, 6.45) is 2.18. The molecule has 0 atom stereocenters. The van der Waals surface area contributed by atoms with Gasteiger partial charge in [0, 0.05) is 57.7 Å². The van der Waals surface area contributed by atoms with Crippen LogP contribution >= 0.6 is 0 Å². The van der Waals surface area contributed by atoms with Gasteiger partial charge in [0.05, 0.1) is 0 Å². The largest absolute Gasteiger partial charge is 0.370 e. The monoisotopic (exact) mass is 436 g/mol. The molecule has 0 radical (unpaired) electrons. The first-order valence-corrected chi connectivity index (χ1v) is 11.5. The van der Waals surface area contributed by atoms with Gasteiger partial charge in [0.2, 0.25) is 0 Å². The third-order valence-electron chi connectivity index (χ3n) is 5.68. The molecular weight excluding hydrogens is 400 g/mol. The van der Waals surface area contributed by atoms with Crippen LogP contribution in [0, 0.1) is 6.92 Å². The number of likely N-dealkylation sites (tertiary alicyclic amines) is 1. The fraction of sp³-hybridized carbons (Fsp3) is 0.440. The van der Waals surface area contributed by atoms with Crippen molar-refractivity contribution in [2.75, 3.05) is 50.0 Å². The van der Waals surface area contributed by atoms with Crippen LogP contribution in [-0.2, 0) is 6.54 Å². The molecule has 0 spiro atoms. The van der Waals surface area contributed by atoms with Gasteiger partial charge in [0.15, 0.2) is 5.96 Å². The summed E-state index contributed by atoms with van der Waals surface area (Å²) in [5.41, 5.74) is 4.42. The number of anilines is 2. The van der Waals surface area contributed by atoms with Crippen molar-refractivity contribution in [3.63, 3.8) is 0 Å². The highest BCUT2D eigenvalue weighted by atomic mass is 16.2. The van der Waals surface area contributed by atoms with E-state index in [-0.39, 0.29) is 6.03 Å². The van der Waals surface area contributed by atoms with Crippen molar-refractivity contribution in [2.24, 2.45) is 4.99 Å². The first-order chi connectivity index (χ1) is 15.6. The highest BCUT2D eigenvalue weighted by molar-refractivity contribution is 5.89. The molecule has 7 heteroatoms. The number of aryl methyl sites for hydroxylation is 1. The van der Waals surface area contributed by atoms with Crippen LogP contribution in [0.15, 0.2) is 53.5 Å². The molecule has 172 valence electrons. The van der Waals surface area contributed by atoms with E-state index in [1.54, 1.807) is 7.05 Å². The van der Waals surface area contributed by atoms with Gasteiger partial charge < -0.3 is 25.8 Å². The maximum Gasteiger partial charge on any atom is 0.321 e. The molecule has 2 aromatic carbocycles. The van der Waals surface area contributed by atoms with Crippen LogP contribution in [0.3, 0.4) is 0 Å². The SMILES string of the molecule is CCN(CCNC(=NC)NCc1cccc(NC(=O)N2CCCC2)c1)c1cccc(C)c1. The van der Waals surface area contributed by atoms with Gasteiger partial charge in [-0.2, -0.15) is 0 Å². The predicted octanol–water partition coefficient (Wildman–Crippen LogP) is 3.81. The fourth-order valence-electron chi connectivity index (χ4n) is 3.89. The first kappa shape index (κ1) is 23.4. The molecule has 0 saturated carbocycles. The summed E-state index contributed by atoms with van der Waals surface area (Å²) in [6, 6.07) is 16.5. The molecule has 0 bridgehead atoms. The molecule has 1 saturated heterocycles. The predicted molar refractivity (Wildman–Crippen MR) is 134 cm³/mol. The molecule has 1 aliphatic heterocycles. The molecule has 1 aliphatic rings. The van der Waals surface area contributed by atoms with Crippen molar-refractivity contribution in [1.82, 2.24) is 15.5 Å². The number of hydrogen-bond donors (Lipinski definition) is 3. The van der Waals surface area contributed by atoms with E-state index >= 15 is 0 Å². The van der Waals surface area contributed by atoms with Crippen LogP contribution < -0.4 is 20.9 Å². The third-order valence-corrected chi connectivity index (χ3v) is 5.68. The molecule has 32 heavy (non-hydrogen) atoms. The summed E-state index contributed by atoms with van der Waals surface area (Å²) in [7, 11) is 1.78. The maximum atomic E-state index is 12.3. The number of urea groups is 1. The van der Waals surface area contributed by atoms with Crippen molar-refractivity contribution >= 4 is 23.4 Å². The van der Waals surface area contributed by atoms with Crippen molar-refractivity contribution < 1.29 is 4.79 Å². The molecule has 3 N–H and O–H groups in total. The zero-order valence-corrected chi connectivity index (χ0v) is 19.5. The minimum Gasteiger partial charge on any atom is -0.370 e.